The first-order valence-electron chi connectivity index (χ1n) is 4.70. The Morgan fingerprint density at radius 3 is 2.87 bits per heavy atom. The van der Waals surface area contributed by atoms with Gasteiger partial charge in [0.1, 0.15) is 6.10 Å². The van der Waals surface area contributed by atoms with E-state index in [0.717, 1.165) is 6.54 Å². The van der Waals surface area contributed by atoms with Crippen LogP contribution in [0.1, 0.15) is 17.3 Å². The fourth-order valence-electron chi connectivity index (χ4n) is 1.13. The number of nitrogens with zero attached hydrogens (tertiary/aromatic N) is 1. The van der Waals surface area contributed by atoms with Crippen molar-refractivity contribution in [2.45, 2.75) is 13.0 Å². The molecule has 0 bridgehead atoms. The highest BCUT2D eigenvalue weighted by atomic mass is 16.5. The van der Waals surface area contributed by atoms with Crippen molar-refractivity contribution in [2.24, 2.45) is 5.73 Å². The van der Waals surface area contributed by atoms with E-state index >= 15 is 0 Å². The number of primary amides is 1. The first kappa shape index (κ1) is 11.5. The average Bonchev–Trinajstić information content (AvgIpc) is 2.18. The third-order valence-corrected chi connectivity index (χ3v) is 1.83. The maximum atomic E-state index is 10.8. The van der Waals surface area contributed by atoms with Gasteiger partial charge in [0, 0.05) is 18.8 Å². The van der Waals surface area contributed by atoms with Crippen LogP contribution in [0.2, 0.25) is 0 Å². The lowest BCUT2D eigenvalue weighted by Gasteiger charge is -2.12. The van der Waals surface area contributed by atoms with Crippen LogP contribution in [0.15, 0.2) is 18.3 Å². The highest BCUT2D eigenvalue weighted by Gasteiger charge is 2.05. The van der Waals surface area contributed by atoms with Crippen molar-refractivity contribution >= 4 is 5.91 Å². The molecule has 0 radical (unpaired) electrons. The van der Waals surface area contributed by atoms with Gasteiger partial charge in [-0.25, -0.2) is 4.98 Å². The van der Waals surface area contributed by atoms with Gasteiger partial charge in [0.05, 0.1) is 5.56 Å². The van der Waals surface area contributed by atoms with Crippen LogP contribution in [-0.4, -0.2) is 30.6 Å². The first-order valence-corrected chi connectivity index (χ1v) is 4.70. The van der Waals surface area contributed by atoms with Crippen LogP contribution in [-0.2, 0) is 0 Å². The van der Waals surface area contributed by atoms with E-state index in [4.69, 9.17) is 10.5 Å². The van der Waals surface area contributed by atoms with Crippen LogP contribution < -0.4 is 15.8 Å². The normalized spacial score (nSPS) is 12.1. The van der Waals surface area contributed by atoms with Crippen LogP contribution in [0, 0.1) is 0 Å². The summed E-state index contributed by atoms with van der Waals surface area (Å²) in [7, 11) is 1.85. The number of carbonyl (C=O) groups is 1. The van der Waals surface area contributed by atoms with Crippen molar-refractivity contribution in [1.29, 1.82) is 0 Å². The standard InChI is InChI=1S/C10H15N3O2/c1-7(5-12-2)15-9-4-3-8(6-13-9)10(11)14/h3-4,6-7,12H,5H2,1-2H3,(H2,11,14). The Balaban J connectivity index is 2.60. The number of pyridine rings is 1. The van der Waals surface area contributed by atoms with Crippen LogP contribution in [0.4, 0.5) is 0 Å². The molecule has 0 aliphatic carbocycles. The molecule has 5 nitrogen and oxygen atoms in total. The zero-order valence-electron chi connectivity index (χ0n) is 8.86. The fraction of sp³-hybridized carbons (Fsp3) is 0.400. The van der Waals surface area contributed by atoms with E-state index in [-0.39, 0.29) is 6.10 Å². The summed E-state index contributed by atoms with van der Waals surface area (Å²) in [6, 6.07) is 3.23. The number of nitrogens with two attached hydrogens (primary N) is 1. The minimum Gasteiger partial charge on any atom is -0.473 e. The van der Waals surface area contributed by atoms with Gasteiger partial charge in [-0.2, -0.15) is 0 Å². The van der Waals surface area contributed by atoms with Crippen LogP contribution in [0.5, 0.6) is 5.88 Å². The molecular weight excluding hydrogens is 194 g/mol. The predicted octanol–water partition coefficient (Wildman–Crippen LogP) is 0.167. The van der Waals surface area contributed by atoms with E-state index in [1.165, 1.54) is 6.20 Å². The van der Waals surface area contributed by atoms with Crippen molar-refractivity contribution in [3.63, 3.8) is 0 Å². The highest BCUT2D eigenvalue weighted by Crippen LogP contribution is 2.08. The second-order valence-electron chi connectivity index (χ2n) is 3.24. The van der Waals surface area contributed by atoms with Crippen molar-refractivity contribution in [2.75, 3.05) is 13.6 Å². The molecule has 3 N–H and O–H groups in total. The number of rotatable bonds is 5. The van der Waals surface area contributed by atoms with Gasteiger partial charge < -0.3 is 15.8 Å². The zero-order valence-corrected chi connectivity index (χ0v) is 8.86. The van der Waals surface area contributed by atoms with E-state index in [1.54, 1.807) is 12.1 Å². The number of carbonyl (C=O) groups excluding carboxylic acids is 1. The summed E-state index contributed by atoms with van der Waals surface area (Å²) in [6.45, 7) is 2.67. The van der Waals surface area contributed by atoms with Crippen LogP contribution in [0.25, 0.3) is 0 Å². The highest BCUT2D eigenvalue weighted by molar-refractivity contribution is 5.92. The Hall–Kier alpha value is -1.62. The number of aromatic nitrogens is 1. The monoisotopic (exact) mass is 209 g/mol. The molecular formula is C10H15N3O2. The molecule has 1 amide bonds. The topological polar surface area (TPSA) is 77.2 Å². The summed E-state index contributed by atoms with van der Waals surface area (Å²) in [6.07, 6.45) is 1.44. The zero-order chi connectivity index (χ0) is 11.3. The Labute approximate surface area is 88.6 Å². The molecule has 0 saturated heterocycles. The number of hydrogen-bond acceptors (Lipinski definition) is 4. The Kier molecular flexibility index (Phi) is 4.05. The molecule has 1 atom stereocenters. The van der Waals surface area contributed by atoms with Gasteiger partial charge in [0.15, 0.2) is 0 Å². The summed E-state index contributed by atoms with van der Waals surface area (Å²) in [5.41, 5.74) is 5.46. The number of nitrogens with one attached hydrogen (secondary N) is 1. The minimum absolute atomic E-state index is 0.0296. The molecule has 0 aliphatic rings. The van der Waals surface area contributed by atoms with Crippen LogP contribution >= 0.6 is 0 Å². The predicted molar refractivity (Wildman–Crippen MR) is 56.8 cm³/mol. The molecule has 0 saturated carbocycles. The Morgan fingerprint density at radius 1 is 1.67 bits per heavy atom. The van der Waals surface area contributed by atoms with E-state index < -0.39 is 5.91 Å². The van der Waals surface area contributed by atoms with Gasteiger partial charge >= 0.3 is 0 Å². The van der Waals surface area contributed by atoms with Crippen LogP contribution in [0.3, 0.4) is 0 Å². The van der Waals surface area contributed by atoms with E-state index in [0.29, 0.717) is 11.4 Å². The summed E-state index contributed by atoms with van der Waals surface area (Å²) in [4.78, 5) is 14.7. The number of hydrogen-bond donors (Lipinski definition) is 2. The van der Waals surface area contributed by atoms with Gasteiger partial charge in [-0.1, -0.05) is 0 Å². The van der Waals surface area contributed by atoms with E-state index in [2.05, 4.69) is 10.3 Å². The van der Waals surface area contributed by atoms with Gasteiger partial charge in [-0.15, -0.1) is 0 Å². The minimum atomic E-state index is -0.489. The summed E-state index contributed by atoms with van der Waals surface area (Å²) in [5.74, 6) is 0.0000679. The molecule has 0 fully saturated rings. The molecule has 0 aromatic carbocycles. The van der Waals surface area contributed by atoms with Crippen molar-refractivity contribution in [3.8, 4) is 5.88 Å². The molecule has 5 heteroatoms. The Morgan fingerprint density at radius 2 is 2.40 bits per heavy atom. The third kappa shape index (κ3) is 3.55. The summed E-state index contributed by atoms with van der Waals surface area (Å²) < 4.78 is 5.46. The number of amides is 1. The Bertz CT molecular complexity index is 324. The van der Waals surface area contributed by atoms with Gasteiger partial charge in [-0.05, 0) is 20.0 Å². The van der Waals surface area contributed by atoms with Gasteiger partial charge in [0.25, 0.3) is 0 Å². The second-order valence-corrected chi connectivity index (χ2v) is 3.24. The molecule has 1 aromatic rings. The lowest BCUT2D eigenvalue weighted by molar-refractivity contribution is 0.1000. The molecule has 15 heavy (non-hydrogen) atoms. The maximum Gasteiger partial charge on any atom is 0.250 e. The molecule has 1 aromatic heterocycles. The molecule has 0 aliphatic heterocycles. The maximum absolute atomic E-state index is 10.8. The molecule has 1 unspecified atom stereocenters. The van der Waals surface area contributed by atoms with Crippen molar-refractivity contribution in [1.82, 2.24) is 10.3 Å². The smallest absolute Gasteiger partial charge is 0.250 e. The van der Waals surface area contributed by atoms with Gasteiger partial charge in [-0.3, -0.25) is 4.79 Å². The molecule has 1 rings (SSSR count). The lowest BCUT2D eigenvalue weighted by Crippen LogP contribution is -2.26. The summed E-state index contributed by atoms with van der Waals surface area (Å²) >= 11 is 0. The SMILES string of the molecule is CNCC(C)Oc1ccc(C(N)=O)cn1. The summed E-state index contributed by atoms with van der Waals surface area (Å²) in [5, 5.41) is 2.99. The van der Waals surface area contributed by atoms with Crippen molar-refractivity contribution in [3.05, 3.63) is 23.9 Å². The molecule has 0 spiro atoms. The number of ether oxygens (including phenoxy) is 1. The average molecular weight is 209 g/mol. The van der Waals surface area contributed by atoms with E-state index in [9.17, 15) is 4.79 Å². The third-order valence-electron chi connectivity index (χ3n) is 1.83. The largest absolute Gasteiger partial charge is 0.473 e. The van der Waals surface area contributed by atoms with E-state index in [1.807, 2.05) is 14.0 Å². The van der Waals surface area contributed by atoms with Crippen molar-refractivity contribution < 1.29 is 9.53 Å². The second kappa shape index (κ2) is 5.31. The molecule has 82 valence electrons. The fourth-order valence-corrected chi connectivity index (χ4v) is 1.13. The quantitative estimate of drug-likeness (QED) is 0.724. The lowest BCUT2D eigenvalue weighted by atomic mass is 10.3. The number of likely N-dealkylation sites (N-methyl/N-ethyl adjacent to an activating group) is 1. The first-order chi connectivity index (χ1) is 7.13. The van der Waals surface area contributed by atoms with Gasteiger partial charge in [0.2, 0.25) is 11.8 Å². The molecule has 1 heterocycles.